The standard InChI is InChI=1S/C9H15N5O3/c1-2-4-5(15)6(16)9(17-4)14-3-12-8(13-14)7(10)11/h3-6,9,15-16H,2H2,1H3,(H3,10,11). The first-order valence-electron chi connectivity index (χ1n) is 5.31. The van der Waals surface area contributed by atoms with E-state index < -0.39 is 24.5 Å². The van der Waals surface area contributed by atoms with Gasteiger partial charge < -0.3 is 20.7 Å². The fourth-order valence-electron chi connectivity index (χ4n) is 1.81. The summed E-state index contributed by atoms with van der Waals surface area (Å²) in [7, 11) is 0. The lowest BCUT2D eigenvalue weighted by molar-refractivity contribution is -0.0451. The second kappa shape index (κ2) is 4.40. The number of hydrogen-bond acceptors (Lipinski definition) is 6. The Hall–Kier alpha value is -1.51. The number of aliphatic hydroxyl groups is 2. The zero-order valence-electron chi connectivity index (χ0n) is 9.32. The Morgan fingerprint density at radius 3 is 2.76 bits per heavy atom. The lowest BCUT2D eigenvalue weighted by Crippen LogP contribution is -2.31. The number of nitrogens with one attached hydrogen (secondary N) is 1. The lowest BCUT2D eigenvalue weighted by atomic mass is 10.1. The summed E-state index contributed by atoms with van der Waals surface area (Å²) < 4.78 is 6.73. The van der Waals surface area contributed by atoms with Crippen LogP contribution in [-0.2, 0) is 4.74 Å². The van der Waals surface area contributed by atoms with Gasteiger partial charge in [0.05, 0.1) is 6.10 Å². The number of aliphatic hydroxyl groups excluding tert-OH is 2. The molecular weight excluding hydrogens is 226 g/mol. The molecule has 5 N–H and O–H groups in total. The van der Waals surface area contributed by atoms with Gasteiger partial charge in [0.2, 0.25) is 5.82 Å². The van der Waals surface area contributed by atoms with Crippen molar-refractivity contribution < 1.29 is 14.9 Å². The molecule has 2 heterocycles. The van der Waals surface area contributed by atoms with Gasteiger partial charge in [-0.05, 0) is 6.42 Å². The quantitative estimate of drug-likeness (QED) is 0.380. The summed E-state index contributed by atoms with van der Waals surface area (Å²) in [6, 6.07) is 0. The predicted molar refractivity (Wildman–Crippen MR) is 57.3 cm³/mol. The Labute approximate surface area is 97.5 Å². The maximum Gasteiger partial charge on any atom is 0.215 e. The van der Waals surface area contributed by atoms with Gasteiger partial charge in [-0.1, -0.05) is 6.92 Å². The number of amidine groups is 1. The molecule has 0 amide bonds. The monoisotopic (exact) mass is 241 g/mol. The van der Waals surface area contributed by atoms with E-state index in [2.05, 4.69) is 10.1 Å². The van der Waals surface area contributed by atoms with Gasteiger partial charge in [-0.15, -0.1) is 5.10 Å². The number of nitrogens with zero attached hydrogens (tertiary/aromatic N) is 3. The van der Waals surface area contributed by atoms with E-state index in [9.17, 15) is 10.2 Å². The molecule has 1 fully saturated rings. The van der Waals surface area contributed by atoms with Crippen LogP contribution in [0.15, 0.2) is 6.33 Å². The third-order valence-electron chi connectivity index (χ3n) is 2.75. The van der Waals surface area contributed by atoms with Crippen LogP contribution in [-0.4, -0.2) is 49.1 Å². The van der Waals surface area contributed by atoms with Crippen LogP contribution >= 0.6 is 0 Å². The fourth-order valence-corrected chi connectivity index (χ4v) is 1.81. The van der Waals surface area contributed by atoms with Crippen molar-refractivity contribution in [1.29, 1.82) is 5.41 Å². The van der Waals surface area contributed by atoms with Crippen LogP contribution in [0.25, 0.3) is 0 Å². The molecule has 1 aromatic heterocycles. The molecule has 17 heavy (non-hydrogen) atoms. The molecule has 8 nitrogen and oxygen atoms in total. The lowest BCUT2D eigenvalue weighted by Gasteiger charge is -2.13. The number of aromatic nitrogens is 3. The minimum Gasteiger partial charge on any atom is -0.388 e. The summed E-state index contributed by atoms with van der Waals surface area (Å²) in [5.41, 5.74) is 5.23. The summed E-state index contributed by atoms with van der Waals surface area (Å²) in [4.78, 5) is 3.80. The van der Waals surface area contributed by atoms with Crippen molar-refractivity contribution in [3.8, 4) is 0 Å². The van der Waals surface area contributed by atoms with Gasteiger partial charge in [0.1, 0.15) is 18.5 Å². The Kier molecular flexibility index (Phi) is 3.09. The highest BCUT2D eigenvalue weighted by molar-refractivity contribution is 5.90. The van der Waals surface area contributed by atoms with Crippen LogP contribution in [0.2, 0.25) is 0 Å². The Bertz CT molecular complexity index is 421. The molecule has 1 saturated heterocycles. The van der Waals surface area contributed by atoms with E-state index in [1.165, 1.54) is 11.0 Å². The molecule has 1 aliphatic heterocycles. The first-order chi connectivity index (χ1) is 8.04. The largest absolute Gasteiger partial charge is 0.388 e. The summed E-state index contributed by atoms with van der Waals surface area (Å²) in [6.45, 7) is 1.85. The summed E-state index contributed by atoms with van der Waals surface area (Å²) in [6.07, 6.45) is -1.34. The SMILES string of the molecule is CCC1OC(n2cnc(C(=N)N)n2)C(O)C1O. The van der Waals surface area contributed by atoms with E-state index in [0.717, 1.165) is 0 Å². The zero-order chi connectivity index (χ0) is 12.6. The van der Waals surface area contributed by atoms with Gasteiger partial charge in [0.15, 0.2) is 12.1 Å². The highest BCUT2D eigenvalue weighted by Crippen LogP contribution is 2.29. The van der Waals surface area contributed by atoms with E-state index in [-0.39, 0.29) is 11.7 Å². The second-order valence-electron chi connectivity index (χ2n) is 3.92. The van der Waals surface area contributed by atoms with Crippen LogP contribution in [0.3, 0.4) is 0 Å². The van der Waals surface area contributed by atoms with Crippen molar-refractivity contribution in [3.63, 3.8) is 0 Å². The van der Waals surface area contributed by atoms with Gasteiger partial charge in [-0.2, -0.15) is 0 Å². The Morgan fingerprint density at radius 1 is 1.59 bits per heavy atom. The molecule has 94 valence electrons. The molecule has 0 radical (unpaired) electrons. The molecule has 4 atom stereocenters. The molecule has 4 unspecified atom stereocenters. The van der Waals surface area contributed by atoms with Crippen molar-refractivity contribution in [1.82, 2.24) is 14.8 Å². The molecule has 8 heteroatoms. The predicted octanol–water partition coefficient (Wildman–Crippen LogP) is -1.41. The number of ether oxygens (including phenoxy) is 1. The highest BCUT2D eigenvalue weighted by atomic mass is 16.6. The number of nitrogens with two attached hydrogens (primary N) is 1. The number of hydrogen-bond donors (Lipinski definition) is 4. The second-order valence-corrected chi connectivity index (χ2v) is 3.92. The number of rotatable bonds is 3. The van der Waals surface area contributed by atoms with E-state index in [0.29, 0.717) is 6.42 Å². The van der Waals surface area contributed by atoms with Crippen LogP contribution in [0.1, 0.15) is 25.4 Å². The van der Waals surface area contributed by atoms with Gasteiger partial charge >= 0.3 is 0 Å². The highest BCUT2D eigenvalue weighted by Gasteiger charge is 2.43. The molecule has 0 spiro atoms. The summed E-state index contributed by atoms with van der Waals surface area (Å²) in [5, 5.41) is 30.6. The van der Waals surface area contributed by atoms with Crippen LogP contribution in [0.5, 0.6) is 0 Å². The van der Waals surface area contributed by atoms with Crippen LogP contribution in [0.4, 0.5) is 0 Å². The van der Waals surface area contributed by atoms with Crippen LogP contribution < -0.4 is 5.73 Å². The average Bonchev–Trinajstić information content (AvgIpc) is 2.87. The smallest absolute Gasteiger partial charge is 0.215 e. The summed E-state index contributed by atoms with van der Waals surface area (Å²) >= 11 is 0. The van der Waals surface area contributed by atoms with Crippen molar-refractivity contribution in [3.05, 3.63) is 12.2 Å². The Balaban J connectivity index is 2.19. The normalized spacial score (nSPS) is 32.9. The molecule has 1 aliphatic rings. The molecule has 2 rings (SSSR count). The fraction of sp³-hybridized carbons (Fsp3) is 0.667. The first-order valence-corrected chi connectivity index (χ1v) is 5.31. The number of nitrogen functional groups attached to an aromatic ring is 1. The van der Waals surface area contributed by atoms with Crippen molar-refractivity contribution in [2.75, 3.05) is 0 Å². The van der Waals surface area contributed by atoms with Gasteiger partial charge in [0, 0.05) is 0 Å². The minimum atomic E-state index is -1.07. The summed E-state index contributed by atoms with van der Waals surface area (Å²) in [5.74, 6) is -0.195. The molecule has 0 aliphatic carbocycles. The topological polar surface area (TPSA) is 130 Å². The van der Waals surface area contributed by atoms with Gasteiger partial charge in [-0.25, -0.2) is 9.67 Å². The molecule has 0 saturated carbocycles. The molecule has 1 aromatic rings. The average molecular weight is 241 g/mol. The third-order valence-corrected chi connectivity index (χ3v) is 2.75. The van der Waals surface area contributed by atoms with Crippen LogP contribution in [0, 0.1) is 5.41 Å². The van der Waals surface area contributed by atoms with Crippen molar-refractivity contribution in [2.24, 2.45) is 5.73 Å². The van der Waals surface area contributed by atoms with Gasteiger partial charge in [-0.3, -0.25) is 5.41 Å². The Morgan fingerprint density at radius 2 is 2.29 bits per heavy atom. The molecule has 0 aromatic carbocycles. The zero-order valence-corrected chi connectivity index (χ0v) is 9.32. The van der Waals surface area contributed by atoms with Crippen molar-refractivity contribution >= 4 is 5.84 Å². The van der Waals surface area contributed by atoms with E-state index in [4.69, 9.17) is 15.9 Å². The van der Waals surface area contributed by atoms with E-state index >= 15 is 0 Å². The minimum absolute atomic E-state index is 0.0650. The molecular formula is C9H15N5O3. The third kappa shape index (κ3) is 2.02. The maximum absolute atomic E-state index is 9.81. The van der Waals surface area contributed by atoms with Gasteiger partial charge in [0.25, 0.3) is 0 Å². The first kappa shape index (κ1) is 12.0. The van der Waals surface area contributed by atoms with E-state index in [1.54, 1.807) is 0 Å². The maximum atomic E-state index is 9.81. The van der Waals surface area contributed by atoms with E-state index in [1.807, 2.05) is 6.92 Å². The molecule has 0 bridgehead atoms. The van der Waals surface area contributed by atoms with Crippen molar-refractivity contribution in [2.45, 2.75) is 37.9 Å².